The zero-order valence-corrected chi connectivity index (χ0v) is 17.0. The van der Waals surface area contributed by atoms with E-state index >= 15 is 0 Å². The number of thioether (sulfide) groups is 1. The topological polar surface area (TPSA) is 54.5 Å². The van der Waals surface area contributed by atoms with Crippen molar-refractivity contribution in [2.75, 3.05) is 0 Å². The number of rotatable bonds is 5. The van der Waals surface area contributed by atoms with Gasteiger partial charge in [0.2, 0.25) is 0 Å². The van der Waals surface area contributed by atoms with Gasteiger partial charge in [-0.15, -0.1) is 10.2 Å². The first kappa shape index (κ1) is 19.2. The zero-order chi connectivity index (χ0) is 19.4. The summed E-state index contributed by atoms with van der Waals surface area (Å²) in [5.74, 6) is 1.70. The van der Waals surface area contributed by atoms with Gasteiger partial charge in [0.25, 0.3) is 0 Å². The van der Waals surface area contributed by atoms with Crippen LogP contribution in [0.3, 0.4) is 0 Å². The van der Waals surface area contributed by atoms with E-state index in [1.165, 1.54) is 11.1 Å². The smallest absolute Gasteiger partial charge is 0.191 e. The second-order valence-electron chi connectivity index (χ2n) is 7.48. The Morgan fingerprint density at radius 2 is 1.67 bits per heavy atom. The summed E-state index contributed by atoms with van der Waals surface area (Å²) in [6, 6.07) is 18.4. The average molecular weight is 377 g/mol. The van der Waals surface area contributed by atoms with Crippen LogP contribution in [0.4, 0.5) is 0 Å². The molecule has 0 saturated heterocycles. The fraction of sp³-hybridized carbons (Fsp3) is 0.318. The third-order valence-electron chi connectivity index (χ3n) is 4.49. The van der Waals surface area contributed by atoms with Crippen LogP contribution in [-0.4, -0.2) is 14.8 Å². The second-order valence-corrected chi connectivity index (χ2v) is 8.42. The number of benzene rings is 2. The molecule has 0 spiro atoms. The molecule has 0 aliphatic rings. The first-order chi connectivity index (χ1) is 12.9. The molecule has 27 heavy (non-hydrogen) atoms. The van der Waals surface area contributed by atoms with E-state index in [-0.39, 0.29) is 5.41 Å². The molecule has 1 heterocycles. The first-order valence-electron chi connectivity index (χ1n) is 9.08. The van der Waals surface area contributed by atoms with E-state index < -0.39 is 0 Å². The highest BCUT2D eigenvalue weighted by atomic mass is 32.2. The number of hydrogen-bond donors (Lipinski definition) is 0. The highest BCUT2D eigenvalue weighted by molar-refractivity contribution is 7.98. The zero-order valence-electron chi connectivity index (χ0n) is 16.2. The molecule has 3 aromatic rings. The normalized spacial score (nSPS) is 11.4. The molecule has 3 rings (SSSR count). The van der Waals surface area contributed by atoms with Gasteiger partial charge in [-0.3, -0.25) is 0 Å². The van der Waals surface area contributed by atoms with Crippen molar-refractivity contribution < 1.29 is 0 Å². The highest BCUT2D eigenvalue weighted by Gasteiger charge is 2.16. The second kappa shape index (κ2) is 7.98. The molecule has 0 N–H and O–H groups in total. The Labute approximate surface area is 165 Å². The van der Waals surface area contributed by atoms with E-state index in [4.69, 9.17) is 5.26 Å². The molecule has 0 atom stereocenters. The van der Waals surface area contributed by atoms with Crippen LogP contribution in [0.1, 0.15) is 44.4 Å². The Hall–Kier alpha value is -2.58. The number of nitriles is 1. The molecule has 0 amide bonds. The Kier molecular flexibility index (Phi) is 5.67. The molecule has 0 unspecified atom stereocenters. The molecule has 4 nitrogen and oxygen atoms in total. The van der Waals surface area contributed by atoms with E-state index in [2.05, 4.69) is 72.8 Å². The quantitative estimate of drug-likeness (QED) is 0.557. The van der Waals surface area contributed by atoms with Gasteiger partial charge in [-0.25, -0.2) is 0 Å². The van der Waals surface area contributed by atoms with Gasteiger partial charge >= 0.3 is 0 Å². The number of aromatic nitrogens is 3. The largest absolute Gasteiger partial charge is 0.302 e. The summed E-state index contributed by atoms with van der Waals surface area (Å²) in [6.45, 7) is 9.58. The molecule has 0 radical (unpaired) electrons. The minimum Gasteiger partial charge on any atom is -0.302 e. The highest BCUT2D eigenvalue weighted by Crippen LogP contribution is 2.28. The molecule has 0 saturated carbocycles. The maximum atomic E-state index is 8.90. The lowest BCUT2D eigenvalue weighted by Crippen LogP contribution is -2.10. The van der Waals surface area contributed by atoms with Crippen LogP contribution in [0.2, 0.25) is 0 Å². The van der Waals surface area contributed by atoms with Crippen molar-refractivity contribution in [2.45, 2.75) is 50.6 Å². The van der Waals surface area contributed by atoms with E-state index in [9.17, 15) is 0 Å². The third-order valence-corrected chi connectivity index (χ3v) is 5.53. The van der Waals surface area contributed by atoms with Crippen LogP contribution in [0.25, 0.3) is 11.4 Å². The Bertz CT molecular complexity index is 942. The molecule has 138 valence electrons. The van der Waals surface area contributed by atoms with Crippen molar-refractivity contribution in [3.8, 4) is 17.5 Å². The molecule has 2 aromatic carbocycles. The lowest BCUT2D eigenvalue weighted by molar-refractivity contribution is 0.590. The number of hydrogen-bond acceptors (Lipinski definition) is 4. The van der Waals surface area contributed by atoms with Gasteiger partial charge in [-0.2, -0.15) is 5.26 Å². The molecule has 0 bridgehead atoms. The third kappa shape index (κ3) is 4.40. The van der Waals surface area contributed by atoms with E-state index in [1.54, 1.807) is 11.8 Å². The van der Waals surface area contributed by atoms with Crippen molar-refractivity contribution in [1.82, 2.24) is 14.8 Å². The molecule has 0 aliphatic heterocycles. The van der Waals surface area contributed by atoms with Gasteiger partial charge < -0.3 is 4.57 Å². The Morgan fingerprint density at radius 1 is 1.00 bits per heavy atom. The van der Waals surface area contributed by atoms with Crippen LogP contribution in [0, 0.1) is 11.3 Å². The van der Waals surface area contributed by atoms with Crippen LogP contribution in [0.5, 0.6) is 0 Å². The predicted octanol–water partition coefficient (Wildman–Crippen LogP) is 5.43. The first-order valence-corrected chi connectivity index (χ1v) is 10.1. The lowest BCUT2D eigenvalue weighted by Gasteiger charge is -2.19. The summed E-state index contributed by atoms with van der Waals surface area (Å²) in [5, 5.41) is 18.7. The fourth-order valence-corrected chi connectivity index (χ4v) is 3.79. The van der Waals surface area contributed by atoms with Gasteiger partial charge in [0.15, 0.2) is 11.0 Å². The summed E-state index contributed by atoms with van der Waals surface area (Å²) in [7, 11) is 0. The molecular weight excluding hydrogens is 352 g/mol. The van der Waals surface area contributed by atoms with Gasteiger partial charge in [-0.05, 0) is 35.6 Å². The lowest BCUT2D eigenvalue weighted by atomic mass is 9.87. The summed E-state index contributed by atoms with van der Waals surface area (Å²) in [6.07, 6.45) is 0. The average Bonchev–Trinajstić information content (AvgIpc) is 3.09. The van der Waals surface area contributed by atoms with Gasteiger partial charge in [0.05, 0.1) is 11.6 Å². The van der Waals surface area contributed by atoms with Crippen molar-refractivity contribution in [3.05, 3.63) is 65.2 Å². The van der Waals surface area contributed by atoms with Crippen molar-refractivity contribution in [2.24, 2.45) is 0 Å². The molecule has 5 heteroatoms. The molecule has 0 aliphatic carbocycles. The SMILES string of the molecule is CCn1c(SCc2ccc(C#N)cc2)nnc1-c1ccc(C(C)(C)C)cc1. The van der Waals surface area contributed by atoms with Crippen molar-refractivity contribution in [1.29, 1.82) is 5.26 Å². The van der Waals surface area contributed by atoms with E-state index in [0.29, 0.717) is 5.56 Å². The van der Waals surface area contributed by atoms with Crippen LogP contribution in [0.15, 0.2) is 53.7 Å². The maximum absolute atomic E-state index is 8.90. The van der Waals surface area contributed by atoms with Crippen molar-refractivity contribution in [3.63, 3.8) is 0 Å². The van der Waals surface area contributed by atoms with Gasteiger partial charge in [0, 0.05) is 17.9 Å². The maximum Gasteiger partial charge on any atom is 0.191 e. The van der Waals surface area contributed by atoms with E-state index in [1.807, 2.05) is 24.3 Å². The summed E-state index contributed by atoms with van der Waals surface area (Å²) >= 11 is 1.67. The monoisotopic (exact) mass is 376 g/mol. The number of nitrogens with zero attached hydrogens (tertiary/aromatic N) is 4. The van der Waals surface area contributed by atoms with Crippen LogP contribution >= 0.6 is 11.8 Å². The van der Waals surface area contributed by atoms with Crippen LogP contribution in [-0.2, 0) is 17.7 Å². The fourth-order valence-electron chi connectivity index (χ4n) is 2.84. The van der Waals surface area contributed by atoms with Crippen molar-refractivity contribution >= 4 is 11.8 Å². The minimum absolute atomic E-state index is 0.138. The Morgan fingerprint density at radius 3 is 2.22 bits per heavy atom. The van der Waals surface area contributed by atoms with Gasteiger partial charge in [-0.1, -0.05) is 68.9 Å². The van der Waals surface area contributed by atoms with E-state index in [0.717, 1.165) is 28.8 Å². The summed E-state index contributed by atoms with van der Waals surface area (Å²) in [5.41, 5.74) is 4.38. The van der Waals surface area contributed by atoms with Crippen LogP contribution < -0.4 is 0 Å². The summed E-state index contributed by atoms with van der Waals surface area (Å²) in [4.78, 5) is 0. The Balaban J connectivity index is 1.79. The standard InChI is InChI=1S/C22H24N4S/c1-5-26-20(18-10-12-19(13-11-18)22(2,3)4)24-25-21(26)27-15-17-8-6-16(14-23)7-9-17/h6-13H,5,15H2,1-4H3. The molecule has 1 aromatic heterocycles. The molecule has 0 fully saturated rings. The summed E-state index contributed by atoms with van der Waals surface area (Å²) < 4.78 is 2.15. The predicted molar refractivity (Wildman–Crippen MR) is 111 cm³/mol. The molecular formula is C22H24N4S. The van der Waals surface area contributed by atoms with Gasteiger partial charge in [0.1, 0.15) is 0 Å². The minimum atomic E-state index is 0.138.